The lowest BCUT2D eigenvalue weighted by Crippen LogP contribution is -2.39. The Balaban J connectivity index is 1.82. The van der Waals surface area contributed by atoms with Gasteiger partial charge in [0.2, 0.25) is 0 Å². The maximum absolute atomic E-state index is 6.66. The summed E-state index contributed by atoms with van der Waals surface area (Å²) < 4.78 is 6.66. The van der Waals surface area contributed by atoms with Crippen molar-refractivity contribution in [1.29, 1.82) is 0 Å². The van der Waals surface area contributed by atoms with Gasteiger partial charge < -0.3 is 10.1 Å². The van der Waals surface area contributed by atoms with E-state index in [1.165, 1.54) is 16.7 Å². The maximum atomic E-state index is 6.66. The van der Waals surface area contributed by atoms with E-state index >= 15 is 0 Å². The highest BCUT2D eigenvalue weighted by Gasteiger charge is 2.45. The Morgan fingerprint density at radius 2 is 1.91 bits per heavy atom. The fourth-order valence-corrected chi connectivity index (χ4v) is 4.17. The zero-order chi connectivity index (χ0) is 15.2. The standard InChI is InChI=1S/C19H20ClNO/c1-13-10-14(12-15(20)11-13)18-16-4-2-3-5-17(16)19(22-18)6-8-21-9-7-19/h2-5,10-12,18,21H,6-9H2,1H3. The average molecular weight is 314 g/mol. The summed E-state index contributed by atoms with van der Waals surface area (Å²) in [6.07, 6.45) is 2.05. The Hall–Kier alpha value is -1.35. The quantitative estimate of drug-likeness (QED) is 0.845. The second-order valence-corrected chi connectivity index (χ2v) is 6.83. The van der Waals surface area contributed by atoms with Gasteiger partial charge in [0.25, 0.3) is 0 Å². The van der Waals surface area contributed by atoms with E-state index in [4.69, 9.17) is 16.3 Å². The third-order valence-corrected chi connectivity index (χ3v) is 5.07. The molecule has 114 valence electrons. The zero-order valence-corrected chi connectivity index (χ0v) is 13.5. The molecule has 0 aliphatic carbocycles. The first kappa shape index (κ1) is 14.3. The van der Waals surface area contributed by atoms with Crippen molar-refractivity contribution in [2.24, 2.45) is 0 Å². The van der Waals surface area contributed by atoms with Crippen molar-refractivity contribution in [3.63, 3.8) is 0 Å². The van der Waals surface area contributed by atoms with Gasteiger partial charge in [-0.2, -0.15) is 0 Å². The molecule has 22 heavy (non-hydrogen) atoms. The van der Waals surface area contributed by atoms with E-state index in [0.29, 0.717) is 0 Å². The van der Waals surface area contributed by atoms with Gasteiger partial charge >= 0.3 is 0 Å². The number of hydrogen-bond donors (Lipinski definition) is 1. The second-order valence-electron chi connectivity index (χ2n) is 6.39. The molecule has 2 aliphatic heterocycles. The minimum Gasteiger partial charge on any atom is -0.358 e. The van der Waals surface area contributed by atoms with E-state index in [2.05, 4.69) is 42.6 Å². The molecule has 1 atom stereocenters. The summed E-state index contributed by atoms with van der Waals surface area (Å²) in [4.78, 5) is 0. The lowest BCUT2D eigenvalue weighted by Gasteiger charge is -2.35. The fourth-order valence-electron chi connectivity index (χ4n) is 3.87. The predicted octanol–water partition coefficient (Wildman–Crippen LogP) is 4.35. The third kappa shape index (κ3) is 2.26. The van der Waals surface area contributed by atoms with Crippen LogP contribution in [0.4, 0.5) is 0 Å². The van der Waals surface area contributed by atoms with Crippen molar-refractivity contribution in [1.82, 2.24) is 5.32 Å². The van der Waals surface area contributed by atoms with Gasteiger partial charge in [-0.1, -0.05) is 41.9 Å². The van der Waals surface area contributed by atoms with Gasteiger partial charge in [0.1, 0.15) is 6.10 Å². The zero-order valence-electron chi connectivity index (χ0n) is 12.7. The molecule has 0 aromatic heterocycles. The van der Waals surface area contributed by atoms with Crippen LogP contribution in [0.2, 0.25) is 5.02 Å². The van der Waals surface area contributed by atoms with Crippen molar-refractivity contribution < 1.29 is 4.74 Å². The molecule has 2 heterocycles. The van der Waals surface area contributed by atoms with Crippen LogP contribution in [0.1, 0.15) is 41.2 Å². The van der Waals surface area contributed by atoms with E-state index < -0.39 is 0 Å². The number of aryl methyl sites for hydroxylation is 1. The molecule has 0 saturated carbocycles. The van der Waals surface area contributed by atoms with Gasteiger partial charge in [0, 0.05) is 5.02 Å². The molecule has 0 radical (unpaired) electrons. The molecule has 1 saturated heterocycles. The normalized spacial score (nSPS) is 22.7. The predicted molar refractivity (Wildman–Crippen MR) is 89.3 cm³/mol. The molecule has 2 aliphatic rings. The van der Waals surface area contributed by atoms with Crippen molar-refractivity contribution >= 4 is 11.6 Å². The molecule has 1 unspecified atom stereocenters. The van der Waals surface area contributed by atoms with Crippen LogP contribution in [0, 0.1) is 6.92 Å². The molecule has 1 spiro atoms. The molecule has 3 heteroatoms. The molecular weight excluding hydrogens is 294 g/mol. The lowest BCUT2D eigenvalue weighted by atomic mass is 9.84. The second kappa shape index (κ2) is 5.38. The topological polar surface area (TPSA) is 21.3 Å². The number of nitrogens with one attached hydrogen (secondary N) is 1. The first-order valence-electron chi connectivity index (χ1n) is 7.93. The van der Waals surface area contributed by atoms with Crippen LogP contribution in [-0.2, 0) is 10.3 Å². The van der Waals surface area contributed by atoms with E-state index in [1.54, 1.807) is 0 Å². The summed E-state index contributed by atoms with van der Waals surface area (Å²) in [5.41, 5.74) is 4.86. The van der Waals surface area contributed by atoms with Crippen LogP contribution >= 0.6 is 11.6 Å². The Kier molecular flexibility index (Phi) is 3.48. The molecule has 0 amide bonds. The smallest absolute Gasteiger partial charge is 0.109 e. The fraction of sp³-hybridized carbons (Fsp3) is 0.368. The van der Waals surface area contributed by atoms with Gasteiger partial charge in [-0.3, -0.25) is 0 Å². The van der Waals surface area contributed by atoms with Crippen LogP contribution in [0.5, 0.6) is 0 Å². The number of hydrogen-bond acceptors (Lipinski definition) is 2. The molecule has 2 nitrogen and oxygen atoms in total. The molecule has 1 fully saturated rings. The van der Waals surface area contributed by atoms with E-state index in [0.717, 1.165) is 36.5 Å². The molecule has 2 aromatic carbocycles. The Labute approximate surface area is 136 Å². The highest BCUT2D eigenvalue weighted by atomic mass is 35.5. The van der Waals surface area contributed by atoms with Gasteiger partial charge in [-0.05, 0) is 67.2 Å². The molecule has 4 rings (SSSR count). The summed E-state index contributed by atoms with van der Waals surface area (Å²) in [7, 11) is 0. The van der Waals surface area contributed by atoms with Crippen LogP contribution in [0.3, 0.4) is 0 Å². The van der Waals surface area contributed by atoms with Crippen LogP contribution in [0.25, 0.3) is 0 Å². The number of halogens is 1. The monoisotopic (exact) mass is 313 g/mol. The minimum atomic E-state index is -0.136. The highest BCUT2D eigenvalue weighted by Crippen LogP contribution is 2.50. The maximum Gasteiger partial charge on any atom is 0.109 e. The molecular formula is C19H20ClNO. The number of ether oxygens (including phenoxy) is 1. The summed E-state index contributed by atoms with van der Waals surface area (Å²) in [6, 6.07) is 14.9. The summed E-state index contributed by atoms with van der Waals surface area (Å²) in [6.45, 7) is 4.10. The van der Waals surface area contributed by atoms with Gasteiger partial charge in [-0.25, -0.2) is 0 Å². The number of piperidine rings is 1. The molecule has 2 aromatic rings. The van der Waals surface area contributed by atoms with Crippen LogP contribution < -0.4 is 5.32 Å². The number of benzene rings is 2. The van der Waals surface area contributed by atoms with Crippen molar-refractivity contribution in [3.05, 3.63) is 69.7 Å². The van der Waals surface area contributed by atoms with Gasteiger partial charge in [-0.15, -0.1) is 0 Å². The number of rotatable bonds is 1. The third-order valence-electron chi connectivity index (χ3n) is 4.86. The van der Waals surface area contributed by atoms with E-state index in [1.807, 2.05) is 12.1 Å². The van der Waals surface area contributed by atoms with Crippen LogP contribution in [0.15, 0.2) is 42.5 Å². The molecule has 1 N–H and O–H groups in total. The van der Waals surface area contributed by atoms with Crippen molar-refractivity contribution in [2.45, 2.75) is 31.5 Å². The highest BCUT2D eigenvalue weighted by molar-refractivity contribution is 6.30. The summed E-state index contributed by atoms with van der Waals surface area (Å²) in [5, 5.41) is 4.22. The Morgan fingerprint density at radius 1 is 1.14 bits per heavy atom. The first-order chi connectivity index (χ1) is 10.7. The van der Waals surface area contributed by atoms with Crippen molar-refractivity contribution in [2.75, 3.05) is 13.1 Å². The van der Waals surface area contributed by atoms with Gasteiger partial charge in [0.05, 0.1) is 5.60 Å². The van der Waals surface area contributed by atoms with Crippen molar-refractivity contribution in [3.8, 4) is 0 Å². The minimum absolute atomic E-state index is 0.00769. The summed E-state index contributed by atoms with van der Waals surface area (Å²) in [5.74, 6) is 0. The van der Waals surface area contributed by atoms with Gasteiger partial charge in [0.15, 0.2) is 0 Å². The largest absolute Gasteiger partial charge is 0.358 e. The Morgan fingerprint density at radius 3 is 2.68 bits per heavy atom. The van der Waals surface area contributed by atoms with E-state index in [-0.39, 0.29) is 11.7 Å². The summed E-state index contributed by atoms with van der Waals surface area (Å²) >= 11 is 6.27. The number of fused-ring (bicyclic) bond motifs is 2. The SMILES string of the molecule is Cc1cc(Cl)cc(C2OC3(CCNCC3)c3ccccc32)c1. The average Bonchev–Trinajstić information content (AvgIpc) is 2.82. The van der Waals surface area contributed by atoms with E-state index in [9.17, 15) is 0 Å². The lowest BCUT2D eigenvalue weighted by molar-refractivity contribution is -0.0798. The van der Waals surface area contributed by atoms with Crippen LogP contribution in [-0.4, -0.2) is 13.1 Å². The first-order valence-corrected chi connectivity index (χ1v) is 8.31. The Bertz CT molecular complexity index is 686. The molecule has 0 bridgehead atoms.